The van der Waals surface area contributed by atoms with Crippen LogP contribution in [0.3, 0.4) is 0 Å². The molecule has 2 aromatic rings. The van der Waals surface area contributed by atoms with Crippen LogP contribution in [0.15, 0.2) is 46.9 Å². The predicted octanol–water partition coefficient (Wildman–Crippen LogP) is 3.42. The third-order valence-electron chi connectivity index (χ3n) is 3.44. The van der Waals surface area contributed by atoms with Gasteiger partial charge in [-0.25, -0.2) is 0 Å². The summed E-state index contributed by atoms with van der Waals surface area (Å²) in [5, 5.41) is 0. The maximum atomic E-state index is 12.3. The number of nitrogens with zero attached hydrogens (tertiary/aromatic N) is 1. The molecule has 0 aliphatic carbocycles. The van der Waals surface area contributed by atoms with E-state index in [2.05, 4.69) is 15.9 Å². The van der Waals surface area contributed by atoms with Gasteiger partial charge in [0.1, 0.15) is 6.29 Å². The van der Waals surface area contributed by atoms with E-state index in [1.165, 1.54) is 0 Å². The van der Waals surface area contributed by atoms with Gasteiger partial charge in [0.2, 0.25) is 0 Å². The van der Waals surface area contributed by atoms with Crippen molar-refractivity contribution in [3.05, 3.63) is 69.2 Å². The van der Waals surface area contributed by atoms with Crippen LogP contribution in [0, 0.1) is 0 Å². The molecule has 3 nitrogen and oxygen atoms in total. The molecule has 1 amide bonds. The number of halogens is 1. The standard InChI is InChI=1S/C16H12BrNO2/c17-14-5-2-11(3-6-14)8-18-9-13-4-1-12(10-19)7-15(13)16(18)20/h1-7,10H,8-9H2. The number of hydrogen-bond donors (Lipinski definition) is 0. The molecule has 100 valence electrons. The summed E-state index contributed by atoms with van der Waals surface area (Å²) in [5.41, 5.74) is 3.26. The Labute approximate surface area is 125 Å². The summed E-state index contributed by atoms with van der Waals surface area (Å²) in [6.07, 6.45) is 0.769. The average Bonchev–Trinajstić information content (AvgIpc) is 2.77. The molecular weight excluding hydrogens is 318 g/mol. The normalized spacial score (nSPS) is 13.4. The minimum Gasteiger partial charge on any atom is -0.330 e. The van der Waals surface area contributed by atoms with Gasteiger partial charge in [0, 0.05) is 28.7 Å². The lowest BCUT2D eigenvalue weighted by molar-refractivity contribution is 0.0766. The molecule has 0 bridgehead atoms. The van der Waals surface area contributed by atoms with Crippen LogP contribution in [-0.2, 0) is 13.1 Å². The molecule has 0 fully saturated rings. The Hall–Kier alpha value is -1.94. The predicted molar refractivity (Wildman–Crippen MR) is 79.5 cm³/mol. The van der Waals surface area contributed by atoms with E-state index in [1.807, 2.05) is 30.3 Å². The fourth-order valence-corrected chi connectivity index (χ4v) is 2.65. The van der Waals surface area contributed by atoms with Crippen molar-refractivity contribution < 1.29 is 9.59 Å². The second-order valence-corrected chi connectivity index (χ2v) is 5.74. The van der Waals surface area contributed by atoms with Crippen molar-refractivity contribution in [3.8, 4) is 0 Å². The van der Waals surface area contributed by atoms with Crippen molar-refractivity contribution in [1.29, 1.82) is 0 Å². The van der Waals surface area contributed by atoms with Crippen LogP contribution in [0.2, 0.25) is 0 Å². The van der Waals surface area contributed by atoms with Crippen molar-refractivity contribution >= 4 is 28.1 Å². The molecular formula is C16H12BrNO2. The van der Waals surface area contributed by atoms with Crippen LogP contribution < -0.4 is 0 Å². The van der Waals surface area contributed by atoms with Crippen LogP contribution in [-0.4, -0.2) is 17.1 Å². The Bertz CT molecular complexity index is 679. The maximum Gasteiger partial charge on any atom is 0.254 e. The summed E-state index contributed by atoms with van der Waals surface area (Å²) in [6.45, 7) is 1.18. The smallest absolute Gasteiger partial charge is 0.254 e. The Morgan fingerprint density at radius 3 is 2.60 bits per heavy atom. The molecule has 0 unspecified atom stereocenters. The summed E-state index contributed by atoms with van der Waals surface area (Å²) < 4.78 is 1.02. The number of benzene rings is 2. The average molecular weight is 330 g/mol. The Morgan fingerprint density at radius 2 is 1.90 bits per heavy atom. The zero-order valence-corrected chi connectivity index (χ0v) is 12.3. The molecule has 0 N–H and O–H groups in total. The molecule has 20 heavy (non-hydrogen) atoms. The second-order valence-electron chi connectivity index (χ2n) is 4.82. The lowest BCUT2D eigenvalue weighted by atomic mass is 10.1. The largest absolute Gasteiger partial charge is 0.330 e. The molecule has 0 spiro atoms. The number of aldehydes is 1. The van der Waals surface area contributed by atoms with Crippen molar-refractivity contribution in [2.75, 3.05) is 0 Å². The van der Waals surface area contributed by atoms with Crippen LogP contribution in [0.5, 0.6) is 0 Å². The highest BCUT2D eigenvalue weighted by molar-refractivity contribution is 9.10. The van der Waals surface area contributed by atoms with E-state index in [9.17, 15) is 9.59 Å². The molecule has 0 saturated heterocycles. The molecule has 0 radical (unpaired) electrons. The van der Waals surface area contributed by atoms with E-state index < -0.39 is 0 Å². The van der Waals surface area contributed by atoms with Crippen molar-refractivity contribution in [2.24, 2.45) is 0 Å². The quantitative estimate of drug-likeness (QED) is 0.809. The van der Waals surface area contributed by atoms with Gasteiger partial charge in [-0.2, -0.15) is 0 Å². The van der Waals surface area contributed by atoms with Gasteiger partial charge in [-0.05, 0) is 29.3 Å². The van der Waals surface area contributed by atoms with Crippen molar-refractivity contribution in [2.45, 2.75) is 13.1 Å². The zero-order chi connectivity index (χ0) is 14.1. The Balaban J connectivity index is 1.83. The monoisotopic (exact) mass is 329 g/mol. The first-order chi connectivity index (χ1) is 9.67. The lowest BCUT2D eigenvalue weighted by Gasteiger charge is -2.15. The van der Waals surface area contributed by atoms with E-state index >= 15 is 0 Å². The zero-order valence-electron chi connectivity index (χ0n) is 10.7. The SMILES string of the molecule is O=Cc1ccc2c(c1)C(=O)N(Cc1ccc(Br)cc1)C2. The van der Waals surface area contributed by atoms with Gasteiger partial charge < -0.3 is 4.90 Å². The lowest BCUT2D eigenvalue weighted by Crippen LogP contribution is -2.23. The van der Waals surface area contributed by atoms with Gasteiger partial charge in [-0.3, -0.25) is 9.59 Å². The van der Waals surface area contributed by atoms with E-state index in [0.29, 0.717) is 24.2 Å². The minimum atomic E-state index is -0.00776. The van der Waals surface area contributed by atoms with Gasteiger partial charge in [-0.1, -0.05) is 40.2 Å². The first-order valence-corrected chi connectivity index (χ1v) is 7.08. The van der Waals surface area contributed by atoms with Crippen molar-refractivity contribution in [1.82, 2.24) is 4.90 Å². The van der Waals surface area contributed by atoms with Crippen LogP contribution in [0.4, 0.5) is 0 Å². The van der Waals surface area contributed by atoms with E-state index in [1.54, 1.807) is 17.0 Å². The second kappa shape index (κ2) is 5.21. The number of carbonyl (C=O) groups is 2. The molecule has 0 saturated carbocycles. The summed E-state index contributed by atoms with van der Waals surface area (Å²) in [5.74, 6) is -0.00776. The van der Waals surface area contributed by atoms with Crippen LogP contribution in [0.1, 0.15) is 31.8 Å². The fourth-order valence-electron chi connectivity index (χ4n) is 2.39. The summed E-state index contributed by atoms with van der Waals surface area (Å²) in [4.78, 5) is 24.9. The molecule has 2 aromatic carbocycles. The highest BCUT2D eigenvalue weighted by Crippen LogP contribution is 2.25. The number of hydrogen-bond acceptors (Lipinski definition) is 2. The van der Waals surface area contributed by atoms with Gasteiger partial charge in [0.15, 0.2) is 0 Å². The van der Waals surface area contributed by atoms with E-state index in [-0.39, 0.29) is 5.91 Å². The minimum absolute atomic E-state index is 0.00776. The number of carbonyl (C=O) groups excluding carboxylic acids is 2. The molecule has 3 rings (SSSR count). The molecule has 0 aromatic heterocycles. The van der Waals surface area contributed by atoms with E-state index in [0.717, 1.165) is 21.9 Å². The molecule has 1 aliphatic heterocycles. The number of rotatable bonds is 3. The number of fused-ring (bicyclic) bond motifs is 1. The molecule has 1 heterocycles. The topological polar surface area (TPSA) is 37.4 Å². The molecule has 4 heteroatoms. The summed E-state index contributed by atoms with van der Waals surface area (Å²) in [6, 6.07) is 13.2. The highest BCUT2D eigenvalue weighted by Gasteiger charge is 2.27. The molecule has 1 aliphatic rings. The Morgan fingerprint density at radius 1 is 1.15 bits per heavy atom. The van der Waals surface area contributed by atoms with Crippen LogP contribution in [0.25, 0.3) is 0 Å². The maximum absolute atomic E-state index is 12.3. The van der Waals surface area contributed by atoms with Crippen molar-refractivity contribution in [3.63, 3.8) is 0 Å². The van der Waals surface area contributed by atoms with Gasteiger partial charge in [0.05, 0.1) is 0 Å². The number of amides is 1. The summed E-state index contributed by atoms with van der Waals surface area (Å²) in [7, 11) is 0. The third kappa shape index (κ3) is 2.39. The van der Waals surface area contributed by atoms with Gasteiger partial charge in [-0.15, -0.1) is 0 Å². The first kappa shape index (κ1) is 13.1. The Kier molecular flexibility index (Phi) is 3.40. The summed E-state index contributed by atoms with van der Waals surface area (Å²) >= 11 is 3.40. The first-order valence-electron chi connectivity index (χ1n) is 6.29. The highest BCUT2D eigenvalue weighted by atomic mass is 79.9. The van der Waals surface area contributed by atoms with E-state index in [4.69, 9.17) is 0 Å². The van der Waals surface area contributed by atoms with Crippen LogP contribution >= 0.6 is 15.9 Å². The fraction of sp³-hybridized carbons (Fsp3) is 0.125. The van der Waals surface area contributed by atoms with Gasteiger partial charge >= 0.3 is 0 Å². The van der Waals surface area contributed by atoms with Gasteiger partial charge in [0.25, 0.3) is 5.91 Å². The third-order valence-corrected chi connectivity index (χ3v) is 3.96. The molecule has 0 atom stereocenters.